The summed E-state index contributed by atoms with van der Waals surface area (Å²) in [6, 6.07) is 0. The van der Waals surface area contributed by atoms with Crippen LogP contribution in [0.1, 0.15) is 16.7 Å². The van der Waals surface area contributed by atoms with Crippen LogP contribution in [0.15, 0.2) is 0 Å². The van der Waals surface area contributed by atoms with E-state index in [-0.39, 0.29) is 29.6 Å². The average Bonchev–Trinajstić information content (AvgIpc) is 2.81. The molecule has 0 saturated carbocycles. The average molecular weight is 569 g/mol. The van der Waals surface area contributed by atoms with Crippen LogP contribution in [0.4, 0.5) is 57.1 Å². The van der Waals surface area contributed by atoms with Crippen LogP contribution in [0.3, 0.4) is 0 Å². The molecule has 0 bridgehead atoms. The minimum absolute atomic E-state index is 0. The van der Waals surface area contributed by atoms with Gasteiger partial charge in [-0.05, 0) is 16.7 Å². The largest absolute Gasteiger partial charge is 1.00 e. The molecule has 0 spiro atoms. The van der Waals surface area contributed by atoms with Crippen molar-refractivity contribution in [3.05, 3.63) is 108 Å². The molecule has 0 aliphatic rings. The molecule has 16 heteroatoms. The monoisotopic (exact) mass is 568 g/mol. The van der Waals surface area contributed by atoms with Crippen molar-refractivity contribution in [1.82, 2.24) is 0 Å². The molecule has 0 aromatic heterocycles. The number of hydrogen-bond acceptors (Lipinski definition) is 0. The Labute approximate surface area is 217 Å². The Hall–Kier alpha value is -1.80. The fourth-order valence-corrected chi connectivity index (χ4v) is 3.27. The van der Waals surface area contributed by atoms with Crippen molar-refractivity contribution in [1.29, 1.82) is 0 Å². The van der Waals surface area contributed by atoms with Gasteiger partial charge in [-0.3, -0.25) is 0 Å². The van der Waals surface area contributed by atoms with Crippen LogP contribution in [-0.2, 0) is 0 Å². The van der Waals surface area contributed by atoms with E-state index >= 15 is 0 Å². The smallest absolute Gasteiger partial charge is 0.238 e. The molecular formula is C19Cl2F13Na. The molecular weight excluding hydrogens is 569 g/mol. The fraction of sp³-hybridized carbons (Fsp3) is 0. The van der Waals surface area contributed by atoms with Crippen LogP contribution in [-0.4, -0.2) is 0 Å². The Morgan fingerprint density at radius 3 is 0.771 bits per heavy atom. The molecule has 0 N–H and O–H groups in total. The number of halogens is 15. The molecule has 3 aromatic rings. The van der Waals surface area contributed by atoms with Crippen LogP contribution in [0, 0.1) is 81.5 Å². The number of benzene rings is 3. The fourth-order valence-electron chi connectivity index (χ4n) is 2.85. The minimum atomic E-state index is -2.93. The molecule has 0 nitrogen and oxygen atoms in total. The van der Waals surface area contributed by atoms with Gasteiger partial charge in [0, 0.05) is 0 Å². The molecule has 0 aliphatic heterocycles. The summed E-state index contributed by atoms with van der Waals surface area (Å²) in [6.45, 7) is 0. The maximum absolute atomic E-state index is 14.7. The second-order valence-corrected chi connectivity index (χ2v) is 6.97. The third kappa shape index (κ3) is 4.35. The first-order valence-electron chi connectivity index (χ1n) is 8.08. The van der Waals surface area contributed by atoms with Gasteiger partial charge < -0.3 is 0 Å². The summed E-state index contributed by atoms with van der Waals surface area (Å²) in [5, 5.41) is -3.65. The van der Waals surface area contributed by atoms with Crippen LogP contribution in [0.2, 0.25) is 10.0 Å². The van der Waals surface area contributed by atoms with Crippen molar-refractivity contribution in [3.63, 3.8) is 0 Å². The van der Waals surface area contributed by atoms with Crippen LogP contribution in [0.25, 0.3) is 0 Å². The van der Waals surface area contributed by atoms with Gasteiger partial charge in [0.25, 0.3) is 0 Å². The van der Waals surface area contributed by atoms with Crippen LogP contribution < -0.4 is 29.6 Å². The molecule has 0 radical (unpaired) electrons. The Kier molecular flexibility index (Phi) is 8.65. The van der Waals surface area contributed by atoms with Crippen LogP contribution >= 0.6 is 23.2 Å². The van der Waals surface area contributed by atoms with Gasteiger partial charge in [0.2, 0.25) is 0 Å². The molecule has 35 heavy (non-hydrogen) atoms. The van der Waals surface area contributed by atoms with E-state index in [2.05, 4.69) is 0 Å². The molecule has 0 fully saturated rings. The first kappa shape index (κ1) is 29.4. The van der Waals surface area contributed by atoms with Gasteiger partial charge in [0.05, 0.1) is 10.0 Å². The maximum Gasteiger partial charge on any atom is 1.00 e. The summed E-state index contributed by atoms with van der Waals surface area (Å²) in [6.07, 6.45) is 0. The van der Waals surface area contributed by atoms with E-state index in [4.69, 9.17) is 23.2 Å². The molecule has 0 aliphatic carbocycles. The molecule has 3 rings (SSSR count). The Bertz CT molecular complexity index is 1120. The van der Waals surface area contributed by atoms with E-state index < -0.39 is 108 Å². The summed E-state index contributed by atoms with van der Waals surface area (Å²) >= 11 is 10.4. The first-order chi connectivity index (χ1) is 15.7. The molecule has 0 saturated heterocycles. The predicted octanol–water partition coefficient (Wildman–Crippen LogP) is 4.82. The SMILES string of the molecule is Fc1c(F)c(F)c([C-](c2c(F)c(F)c(F)c(F)c2F)c2c(F)c(Cl)c(F)c(Cl)c2F)c(F)c1F.[Na+]. The molecule has 0 unspecified atom stereocenters. The molecule has 0 amide bonds. The van der Waals surface area contributed by atoms with Gasteiger partial charge in [-0.25, -0.2) is 57.1 Å². The summed E-state index contributed by atoms with van der Waals surface area (Å²) in [5.41, 5.74) is -7.37. The van der Waals surface area contributed by atoms with Gasteiger partial charge >= 0.3 is 29.6 Å². The zero-order valence-electron chi connectivity index (χ0n) is 16.2. The van der Waals surface area contributed by atoms with Gasteiger partial charge in [0.15, 0.2) is 40.7 Å². The summed E-state index contributed by atoms with van der Waals surface area (Å²) < 4.78 is 183. The Morgan fingerprint density at radius 2 is 0.514 bits per heavy atom. The Morgan fingerprint density at radius 1 is 0.314 bits per heavy atom. The van der Waals surface area contributed by atoms with E-state index in [9.17, 15) is 57.1 Å². The minimum Gasteiger partial charge on any atom is -0.238 e. The first-order valence-corrected chi connectivity index (χ1v) is 8.84. The van der Waals surface area contributed by atoms with E-state index in [1.165, 1.54) is 0 Å². The van der Waals surface area contributed by atoms with Crippen molar-refractivity contribution in [2.45, 2.75) is 0 Å². The molecule has 0 atom stereocenters. The van der Waals surface area contributed by atoms with Gasteiger partial charge in [-0.1, -0.05) is 29.1 Å². The van der Waals surface area contributed by atoms with Crippen molar-refractivity contribution in [3.8, 4) is 0 Å². The third-order valence-corrected chi connectivity index (χ3v) is 5.04. The van der Waals surface area contributed by atoms with Gasteiger partial charge in [-0.2, -0.15) is 0 Å². The summed E-state index contributed by atoms with van der Waals surface area (Å²) in [7, 11) is 0. The zero-order valence-corrected chi connectivity index (χ0v) is 19.7. The normalized spacial score (nSPS) is 11.1. The summed E-state index contributed by atoms with van der Waals surface area (Å²) in [4.78, 5) is 0. The quantitative estimate of drug-likeness (QED) is 0.106. The topological polar surface area (TPSA) is 0 Å². The van der Waals surface area contributed by atoms with Crippen molar-refractivity contribution < 1.29 is 86.6 Å². The molecule has 3 aromatic carbocycles. The second-order valence-electron chi connectivity index (χ2n) is 6.21. The zero-order chi connectivity index (χ0) is 26.0. The number of rotatable bonds is 3. The van der Waals surface area contributed by atoms with E-state index in [1.807, 2.05) is 0 Å². The Balaban J connectivity index is 0.00000432. The van der Waals surface area contributed by atoms with Gasteiger partial charge in [-0.15, -0.1) is 0 Å². The van der Waals surface area contributed by atoms with Crippen molar-refractivity contribution in [2.75, 3.05) is 0 Å². The van der Waals surface area contributed by atoms with Crippen LogP contribution in [0.5, 0.6) is 0 Å². The maximum atomic E-state index is 14.7. The van der Waals surface area contributed by atoms with E-state index in [1.54, 1.807) is 0 Å². The van der Waals surface area contributed by atoms with Crippen molar-refractivity contribution >= 4 is 23.2 Å². The molecule has 0 heterocycles. The van der Waals surface area contributed by atoms with Gasteiger partial charge in [0.1, 0.15) is 34.9 Å². The van der Waals surface area contributed by atoms with Crippen molar-refractivity contribution in [2.24, 2.45) is 0 Å². The third-order valence-electron chi connectivity index (χ3n) is 4.38. The van der Waals surface area contributed by atoms with E-state index in [0.717, 1.165) is 0 Å². The summed E-state index contributed by atoms with van der Waals surface area (Å²) in [5.74, 6) is -38.6. The second kappa shape index (κ2) is 10.3. The van der Waals surface area contributed by atoms with E-state index in [0.29, 0.717) is 0 Å². The predicted molar refractivity (Wildman–Crippen MR) is 89.3 cm³/mol. The molecule has 182 valence electrons. The number of hydrogen-bond donors (Lipinski definition) is 0. The standard InChI is InChI=1S/C19Cl2F13.Na/c20-5-7(22)2(8(23)6(21)13(5)28)1(3-9(24)14(29)18(33)15(30)10(3)25)4-11(26)16(31)19(34)17(32)12(4)27;/q-1;+1.